The van der Waals surface area contributed by atoms with Crippen LogP contribution in [0.4, 0.5) is 8.78 Å². The number of piperazine rings is 1. The summed E-state index contributed by atoms with van der Waals surface area (Å²) in [4.78, 5) is 0.940. The number of ether oxygens (including phenoxy) is 1. The van der Waals surface area contributed by atoms with Crippen LogP contribution in [0.3, 0.4) is 0 Å². The molecular weight excluding hydrogens is 362 g/mol. The number of sulfonamides is 1. The van der Waals surface area contributed by atoms with Gasteiger partial charge in [0.15, 0.2) is 0 Å². The van der Waals surface area contributed by atoms with Gasteiger partial charge in [-0.3, -0.25) is 0 Å². The summed E-state index contributed by atoms with van der Waals surface area (Å²) >= 11 is 0. The molecule has 5 nitrogen and oxygen atoms in total. The van der Waals surface area contributed by atoms with Gasteiger partial charge in [-0.2, -0.15) is 4.31 Å². The van der Waals surface area contributed by atoms with Crippen LogP contribution in [0.1, 0.15) is 0 Å². The maximum Gasteiger partial charge on any atom is 0.246 e. The van der Waals surface area contributed by atoms with E-state index in [4.69, 9.17) is 4.74 Å². The molecule has 3 rings (SSSR count). The second-order valence-corrected chi connectivity index (χ2v) is 8.04. The second-order valence-electron chi connectivity index (χ2n) is 6.14. The summed E-state index contributed by atoms with van der Waals surface area (Å²) in [7, 11) is -3.81. The number of nitrogens with zero attached hydrogens (tertiary/aromatic N) is 1. The highest BCUT2D eigenvalue weighted by atomic mass is 32.2. The third-order valence-electron chi connectivity index (χ3n) is 4.42. The molecule has 1 aliphatic rings. The smallest absolute Gasteiger partial charge is 0.246 e. The maximum absolute atomic E-state index is 13.8. The van der Waals surface area contributed by atoms with Crippen LogP contribution in [0.25, 0.3) is 0 Å². The van der Waals surface area contributed by atoms with Crippen LogP contribution in [-0.2, 0) is 10.0 Å². The van der Waals surface area contributed by atoms with Crippen molar-refractivity contribution in [2.45, 2.75) is 4.90 Å². The zero-order valence-corrected chi connectivity index (χ0v) is 15.0. The zero-order valence-electron chi connectivity index (χ0n) is 14.2. The molecule has 1 aliphatic heterocycles. The van der Waals surface area contributed by atoms with Crippen LogP contribution < -0.4 is 9.64 Å². The minimum absolute atomic E-state index is 0.275. The average molecular weight is 383 g/mol. The highest BCUT2D eigenvalue weighted by molar-refractivity contribution is 7.89. The van der Waals surface area contributed by atoms with Crippen LogP contribution in [0.5, 0.6) is 5.75 Å². The first-order valence-corrected chi connectivity index (χ1v) is 9.87. The molecule has 0 atom stereocenters. The fourth-order valence-corrected chi connectivity index (χ4v) is 4.44. The second kappa shape index (κ2) is 8.11. The van der Waals surface area contributed by atoms with Crippen molar-refractivity contribution in [2.24, 2.45) is 0 Å². The lowest BCUT2D eigenvalue weighted by molar-refractivity contribution is -0.903. The fourth-order valence-electron chi connectivity index (χ4n) is 2.93. The minimum Gasteiger partial charge on any atom is -0.488 e. The summed E-state index contributed by atoms with van der Waals surface area (Å²) in [5.74, 6) is -0.434. The first-order chi connectivity index (χ1) is 12.5. The van der Waals surface area contributed by atoms with E-state index < -0.39 is 15.8 Å². The summed E-state index contributed by atoms with van der Waals surface area (Å²) < 4.78 is 58.7. The molecule has 1 N–H and O–H groups in total. The summed E-state index contributed by atoms with van der Waals surface area (Å²) in [6, 6.07) is 11.3. The maximum atomic E-state index is 13.8. The van der Waals surface area contributed by atoms with Crippen molar-refractivity contribution >= 4 is 10.0 Å². The van der Waals surface area contributed by atoms with Gasteiger partial charge in [0.1, 0.15) is 35.4 Å². The van der Waals surface area contributed by atoms with Crippen LogP contribution >= 0.6 is 0 Å². The molecule has 2 aromatic rings. The van der Waals surface area contributed by atoms with Gasteiger partial charge in [-0.05, 0) is 36.4 Å². The van der Waals surface area contributed by atoms with Gasteiger partial charge in [0.05, 0.1) is 26.2 Å². The third kappa shape index (κ3) is 4.38. The largest absolute Gasteiger partial charge is 0.488 e. The number of benzene rings is 2. The Balaban J connectivity index is 1.49. The minimum atomic E-state index is -3.81. The van der Waals surface area contributed by atoms with E-state index in [2.05, 4.69) is 0 Å². The first-order valence-electron chi connectivity index (χ1n) is 8.43. The molecule has 2 aromatic carbocycles. The topological polar surface area (TPSA) is 51.0 Å². The monoisotopic (exact) mass is 383 g/mol. The van der Waals surface area contributed by atoms with Crippen LogP contribution in [0.15, 0.2) is 53.4 Å². The van der Waals surface area contributed by atoms with Gasteiger partial charge in [-0.1, -0.05) is 12.1 Å². The van der Waals surface area contributed by atoms with E-state index in [9.17, 15) is 17.2 Å². The van der Waals surface area contributed by atoms with E-state index in [1.54, 1.807) is 12.1 Å². The van der Waals surface area contributed by atoms with Crippen molar-refractivity contribution in [3.63, 3.8) is 0 Å². The van der Waals surface area contributed by atoms with E-state index in [-0.39, 0.29) is 10.7 Å². The van der Waals surface area contributed by atoms with E-state index in [1.165, 1.54) is 39.5 Å². The number of rotatable bonds is 6. The molecular formula is C18H21F2N2O3S+. The van der Waals surface area contributed by atoms with Crippen molar-refractivity contribution in [1.29, 1.82) is 0 Å². The zero-order chi connectivity index (χ0) is 18.6. The van der Waals surface area contributed by atoms with Crippen molar-refractivity contribution in [3.05, 3.63) is 60.2 Å². The van der Waals surface area contributed by atoms with Gasteiger partial charge >= 0.3 is 0 Å². The lowest BCUT2D eigenvalue weighted by Crippen LogP contribution is -3.15. The number of hydrogen-bond acceptors (Lipinski definition) is 3. The Morgan fingerprint density at radius 3 is 2.31 bits per heavy atom. The summed E-state index contributed by atoms with van der Waals surface area (Å²) in [6.45, 7) is 3.10. The Hall–Kier alpha value is -2.03. The van der Waals surface area contributed by atoms with E-state index in [0.29, 0.717) is 45.1 Å². The molecule has 0 amide bonds. The molecule has 1 fully saturated rings. The predicted octanol–water partition coefficient (Wildman–Crippen LogP) is 0.933. The Labute approximate surface area is 151 Å². The van der Waals surface area contributed by atoms with Gasteiger partial charge in [-0.25, -0.2) is 17.2 Å². The lowest BCUT2D eigenvalue weighted by atomic mass is 10.3. The highest BCUT2D eigenvalue weighted by Crippen LogP contribution is 2.18. The van der Waals surface area contributed by atoms with Gasteiger partial charge < -0.3 is 9.64 Å². The van der Waals surface area contributed by atoms with Crippen LogP contribution in [-0.4, -0.2) is 52.1 Å². The van der Waals surface area contributed by atoms with Crippen molar-refractivity contribution in [2.75, 3.05) is 39.3 Å². The Kier molecular flexibility index (Phi) is 5.85. The van der Waals surface area contributed by atoms with E-state index >= 15 is 0 Å². The molecule has 0 aliphatic carbocycles. The predicted molar refractivity (Wildman–Crippen MR) is 92.6 cm³/mol. The fraction of sp³-hybridized carbons (Fsp3) is 0.333. The van der Waals surface area contributed by atoms with E-state index in [0.717, 1.165) is 6.07 Å². The van der Waals surface area contributed by atoms with Crippen molar-refractivity contribution < 1.29 is 26.8 Å². The summed E-state index contributed by atoms with van der Waals surface area (Å²) in [6.07, 6.45) is 0. The SMILES string of the molecule is O=S(=O)(c1ccccc1F)N1CC[NH+](CCOc2ccc(F)cc2)CC1. The van der Waals surface area contributed by atoms with Crippen LogP contribution in [0.2, 0.25) is 0 Å². The highest BCUT2D eigenvalue weighted by Gasteiger charge is 2.31. The van der Waals surface area contributed by atoms with Gasteiger partial charge in [0.25, 0.3) is 0 Å². The Morgan fingerprint density at radius 1 is 1.00 bits per heavy atom. The Morgan fingerprint density at radius 2 is 1.65 bits per heavy atom. The van der Waals surface area contributed by atoms with Gasteiger partial charge in [0.2, 0.25) is 10.0 Å². The molecule has 8 heteroatoms. The molecule has 0 unspecified atom stereocenters. The molecule has 0 bridgehead atoms. The Bertz CT molecular complexity index is 836. The first kappa shape index (κ1) is 18.8. The molecule has 0 spiro atoms. The van der Waals surface area contributed by atoms with Crippen LogP contribution in [0, 0.1) is 11.6 Å². The normalized spacial score (nSPS) is 16.5. The molecule has 0 aromatic heterocycles. The van der Waals surface area contributed by atoms with E-state index in [1.807, 2.05) is 0 Å². The van der Waals surface area contributed by atoms with Crippen molar-refractivity contribution in [1.82, 2.24) is 4.31 Å². The molecule has 1 saturated heterocycles. The molecule has 1 heterocycles. The molecule has 0 radical (unpaired) electrons. The van der Waals surface area contributed by atoms with Gasteiger partial charge in [0, 0.05) is 0 Å². The number of nitrogens with one attached hydrogen (secondary N) is 1. The third-order valence-corrected chi connectivity index (χ3v) is 6.35. The lowest BCUT2D eigenvalue weighted by Gasteiger charge is -2.31. The number of quaternary nitrogens is 1. The number of halogens is 2. The molecule has 140 valence electrons. The number of hydrogen-bond donors (Lipinski definition) is 1. The molecule has 26 heavy (non-hydrogen) atoms. The van der Waals surface area contributed by atoms with Gasteiger partial charge in [-0.15, -0.1) is 0 Å². The van der Waals surface area contributed by atoms with Crippen molar-refractivity contribution in [3.8, 4) is 5.75 Å². The summed E-state index contributed by atoms with van der Waals surface area (Å²) in [5, 5.41) is 0. The summed E-state index contributed by atoms with van der Waals surface area (Å²) in [5.41, 5.74) is 0. The quantitative estimate of drug-likeness (QED) is 0.808. The standard InChI is InChI=1S/C18H20F2N2O3S/c19-15-5-7-16(8-6-15)25-14-13-21-9-11-22(12-10-21)26(23,24)18-4-2-1-3-17(18)20/h1-8H,9-14H2/p+1. The molecule has 0 saturated carbocycles. The average Bonchev–Trinajstić information content (AvgIpc) is 2.64.